The first-order valence-electron chi connectivity index (χ1n) is 9.49. The molecule has 1 atom stereocenters. The molecule has 156 valence electrons. The van der Waals surface area contributed by atoms with Crippen LogP contribution in [-0.2, 0) is 20.9 Å². The summed E-state index contributed by atoms with van der Waals surface area (Å²) < 4.78 is 22.6. The number of hydrogen-bond donors (Lipinski definition) is 1. The predicted molar refractivity (Wildman–Crippen MR) is 107 cm³/mol. The number of amides is 1. The second-order valence-corrected chi connectivity index (χ2v) is 6.72. The predicted octanol–water partition coefficient (Wildman–Crippen LogP) is 2.33. The molecule has 0 spiro atoms. The van der Waals surface area contributed by atoms with Crippen LogP contribution in [0, 0.1) is 0 Å². The first-order chi connectivity index (χ1) is 14.5. The number of fused-ring (bicyclic) bond motifs is 2. The van der Waals surface area contributed by atoms with Crippen LogP contribution in [0.2, 0.25) is 0 Å². The molecule has 9 nitrogen and oxygen atoms in total. The van der Waals surface area contributed by atoms with E-state index >= 15 is 0 Å². The van der Waals surface area contributed by atoms with E-state index in [1.54, 1.807) is 42.5 Å². The Balaban J connectivity index is 1.32. The molecule has 9 heteroatoms. The molecule has 0 radical (unpaired) electrons. The van der Waals surface area contributed by atoms with Gasteiger partial charge in [0.2, 0.25) is 0 Å². The topological polar surface area (TPSA) is 109 Å². The van der Waals surface area contributed by atoms with Gasteiger partial charge in [0.1, 0.15) is 13.2 Å². The molecule has 1 aromatic heterocycles. The third-order valence-electron chi connectivity index (χ3n) is 4.60. The monoisotopic (exact) mass is 412 g/mol. The summed E-state index contributed by atoms with van der Waals surface area (Å²) in [6, 6.07) is 12.0. The van der Waals surface area contributed by atoms with Gasteiger partial charge in [-0.05, 0) is 31.2 Å². The average Bonchev–Trinajstić information content (AvgIpc) is 3.07. The molecule has 0 bridgehead atoms. The number of oxazole rings is 1. The highest BCUT2D eigenvalue weighted by molar-refractivity contribution is 5.95. The van der Waals surface area contributed by atoms with Crippen LogP contribution in [-0.4, -0.2) is 35.8 Å². The minimum absolute atomic E-state index is 0.0783. The SMILES string of the molecule is C[C@H](OC(=O)CCn1c(=O)oc2ccccc21)C(=O)Nc1ccc2c(c1)OCCO2. The average molecular weight is 412 g/mol. The molecule has 0 aliphatic carbocycles. The van der Waals surface area contributed by atoms with E-state index in [9.17, 15) is 14.4 Å². The van der Waals surface area contributed by atoms with E-state index in [0.717, 1.165) is 0 Å². The van der Waals surface area contributed by atoms with Crippen molar-refractivity contribution in [1.82, 2.24) is 4.57 Å². The Morgan fingerprint density at radius 3 is 2.73 bits per heavy atom. The summed E-state index contributed by atoms with van der Waals surface area (Å²) in [6.45, 7) is 2.48. The van der Waals surface area contributed by atoms with E-state index in [-0.39, 0.29) is 13.0 Å². The van der Waals surface area contributed by atoms with E-state index in [0.29, 0.717) is 41.5 Å². The molecule has 0 fully saturated rings. The molecule has 30 heavy (non-hydrogen) atoms. The number of benzene rings is 2. The summed E-state index contributed by atoms with van der Waals surface area (Å²) >= 11 is 0. The molecule has 0 unspecified atom stereocenters. The lowest BCUT2D eigenvalue weighted by molar-refractivity contribution is -0.153. The fraction of sp³-hybridized carbons (Fsp3) is 0.286. The van der Waals surface area contributed by atoms with Gasteiger partial charge in [0.05, 0.1) is 11.9 Å². The number of hydrogen-bond acceptors (Lipinski definition) is 7. The van der Waals surface area contributed by atoms with Crippen LogP contribution in [0.1, 0.15) is 13.3 Å². The van der Waals surface area contributed by atoms with E-state index in [4.69, 9.17) is 18.6 Å². The minimum Gasteiger partial charge on any atom is -0.486 e. The van der Waals surface area contributed by atoms with Crippen LogP contribution in [0.3, 0.4) is 0 Å². The number of esters is 1. The van der Waals surface area contributed by atoms with E-state index in [1.165, 1.54) is 11.5 Å². The van der Waals surface area contributed by atoms with Gasteiger partial charge in [-0.3, -0.25) is 14.2 Å². The Morgan fingerprint density at radius 2 is 1.90 bits per heavy atom. The highest BCUT2D eigenvalue weighted by Gasteiger charge is 2.20. The van der Waals surface area contributed by atoms with Crippen LogP contribution in [0.4, 0.5) is 5.69 Å². The van der Waals surface area contributed by atoms with E-state index < -0.39 is 23.7 Å². The number of ether oxygens (including phenoxy) is 3. The molecular weight excluding hydrogens is 392 g/mol. The standard InChI is InChI=1S/C21H20N2O7/c1-13(20(25)22-14-6-7-17-18(12-14)28-11-10-27-17)29-19(24)8-9-23-15-4-2-3-5-16(15)30-21(23)26/h2-7,12-13H,8-11H2,1H3,(H,22,25)/t13-/m0/s1. The number of rotatable bonds is 6. The van der Waals surface area contributed by atoms with Crippen molar-refractivity contribution < 1.29 is 28.2 Å². The van der Waals surface area contributed by atoms with E-state index in [1.807, 2.05) is 0 Å². The maximum atomic E-state index is 12.3. The molecule has 2 aromatic carbocycles. The van der Waals surface area contributed by atoms with Crippen LogP contribution >= 0.6 is 0 Å². The van der Waals surface area contributed by atoms with Gasteiger partial charge in [-0.2, -0.15) is 0 Å². The Kier molecular flexibility index (Phi) is 5.42. The van der Waals surface area contributed by atoms with Crippen molar-refractivity contribution in [3.63, 3.8) is 0 Å². The summed E-state index contributed by atoms with van der Waals surface area (Å²) in [4.78, 5) is 36.5. The summed E-state index contributed by atoms with van der Waals surface area (Å²) in [5.41, 5.74) is 1.55. The highest BCUT2D eigenvalue weighted by Crippen LogP contribution is 2.32. The Bertz CT molecular complexity index is 1150. The fourth-order valence-electron chi connectivity index (χ4n) is 3.10. The molecule has 1 aliphatic heterocycles. The maximum absolute atomic E-state index is 12.3. The summed E-state index contributed by atoms with van der Waals surface area (Å²) in [5.74, 6) is -0.474. The third-order valence-corrected chi connectivity index (χ3v) is 4.60. The zero-order chi connectivity index (χ0) is 21.1. The van der Waals surface area contributed by atoms with Crippen LogP contribution in [0.15, 0.2) is 51.7 Å². The van der Waals surface area contributed by atoms with Crippen LogP contribution < -0.4 is 20.5 Å². The lowest BCUT2D eigenvalue weighted by Crippen LogP contribution is -2.30. The Morgan fingerprint density at radius 1 is 1.13 bits per heavy atom. The summed E-state index contributed by atoms with van der Waals surface area (Å²) in [7, 11) is 0. The zero-order valence-electron chi connectivity index (χ0n) is 16.3. The quantitative estimate of drug-likeness (QED) is 0.619. The van der Waals surface area contributed by atoms with Gasteiger partial charge < -0.3 is 23.9 Å². The van der Waals surface area contributed by atoms with E-state index in [2.05, 4.69) is 5.32 Å². The first kappa shape index (κ1) is 19.6. The number of carbonyl (C=O) groups excluding carboxylic acids is 2. The van der Waals surface area contributed by atoms with Crippen molar-refractivity contribution in [3.05, 3.63) is 53.0 Å². The second-order valence-electron chi connectivity index (χ2n) is 6.72. The van der Waals surface area contributed by atoms with Crippen molar-refractivity contribution in [2.24, 2.45) is 0 Å². The fourth-order valence-corrected chi connectivity index (χ4v) is 3.10. The lowest BCUT2D eigenvalue weighted by atomic mass is 10.2. The number of nitrogens with zero attached hydrogens (tertiary/aromatic N) is 1. The van der Waals surface area contributed by atoms with Gasteiger partial charge in [-0.1, -0.05) is 12.1 Å². The lowest BCUT2D eigenvalue weighted by Gasteiger charge is -2.19. The van der Waals surface area contributed by atoms with Crippen molar-refractivity contribution in [2.75, 3.05) is 18.5 Å². The van der Waals surface area contributed by atoms with Crippen molar-refractivity contribution in [2.45, 2.75) is 26.0 Å². The van der Waals surface area contributed by atoms with Crippen LogP contribution in [0.25, 0.3) is 11.1 Å². The number of carbonyl (C=O) groups is 2. The van der Waals surface area contributed by atoms with Gasteiger partial charge in [-0.15, -0.1) is 0 Å². The summed E-state index contributed by atoms with van der Waals surface area (Å²) in [5, 5.41) is 2.68. The smallest absolute Gasteiger partial charge is 0.419 e. The number of para-hydroxylation sites is 2. The number of anilines is 1. The third kappa shape index (κ3) is 4.14. The first-order valence-corrected chi connectivity index (χ1v) is 9.49. The Hall–Kier alpha value is -3.75. The molecule has 4 rings (SSSR count). The molecule has 1 amide bonds. The number of nitrogens with one attached hydrogen (secondary N) is 1. The molecule has 0 saturated carbocycles. The zero-order valence-corrected chi connectivity index (χ0v) is 16.3. The highest BCUT2D eigenvalue weighted by atomic mass is 16.6. The van der Waals surface area contributed by atoms with Gasteiger partial charge in [0.15, 0.2) is 23.2 Å². The molecule has 0 saturated heterocycles. The molecule has 1 N–H and O–H groups in total. The number of aryl methyl sites for hydroxylation is 1. The van der Waals surface area contributed by atoms with Crippen molar-refractivity contribution in [3.8, 4) is 11.5 Å². The van der Waals surface area contributed by atoms with Gasteiger partial charge in [-0.25, -0.2) is 4.79 Å². The van der Waals surface area contributed by atoms with Crippen molar-refractivity contribution in [1.29, 1.82) is 0 Å². The van der Waals surface area contributed by atoms with Gasteiger partial charge in [0.25, 0.3) is 5.91 Å². The molecule has 3 aromatic rings. The van der Waals surface area contributed by atoms with Crippen molar-refractivity contribution >= 4 is 28.7 Å². The second kappa shape index (κ2) is 8.32. The maximum Gasteiger partial charge on any atom is 0.419 e. The van der Waals surface area contributed by atoms with Gasteiger partial charge in [0, 0.05) is 18.3 Å². The molecular formula is C21H20N2O7. The van der Waals surface area contributed by atoms with Gasteiger partial charge >= 0.3 is 11.7 Å². The normalized spacial score (nSPS) is 13.6. The minimum atomic E-state index is -1.01. The largest absolute Gasteiger partial charge is 0.486 e. The van der Waals surface area contributed by atoms with Crippen LogP contribution in [0.5, 0.6) is 11.5 Å². The summed E-state index contributed by atoms with van der Waals surface area (Å²) in [6.07, 6.45) is -1.09. The number of aromatic nitrogens is 1. The Labute approximate surface area is 171 Å². The molecule has 1 aliphatic rings. The molecule has 2 heterocycles.